The molecule has 0 saturated heterocycles. The van der Waals surface area contributed by atoms with E-state index in [-0.39, 0.29) is 0 Å². The molecule has 84 valence electrons. The summed E-state index contributed by atoms with van der Waals surface area (Å²) in [4.78, 5) is 4.25. The molecule has 1 aliphatic carbocycles. The first-order valence-corrected chi connectivity index (χ1v) is 6.51. The van der Waals surface area contributed by atoms with Crippen LogP contribution in [0.25, 0.3) is 10.2 Å². The Morgan fingerprint density at radius 2 is 2.31 bits per heavy atom. The molecular formula is C12H15N3S. The van der Waals surface area contributed by atoms with Crippen LogP contribution in [-0.4, -0.2) is 17.6 Å². The molecule has 3 N–H and O–H groups in total. The SMILES string of the molecule is Nc1nc2ccc(CCNC3CC3)cc2s1. The Bertz CT molecular complexity index is 502. The maximum Gasteiger partial charge on any atom is 0.181 e. The molecule has 0 spiro atoms. The molecule has 3 rings (SSSR count). The Balaban J connectivity index is 1.70. The molecule has 16 heavy (non-hydrogen) atoms. The zero-order valence-electron chi connectivity index (χ0n) is 9.07. The first-order valence-electron chi connectivity index (χ1n) is 5.69. The van der Waals surface area contributed by atoms with Crippen LogP contribution in [0.2, 0.25) is 0 Å². The summed E-state index contributed by atoms with van der Waals surface area (Å²) in [6.07, 6.45) is 3.79. The molecule has 2 aromatic rings. The number of hydrogen-bond donors (Lipinski definition) is 2. The van der Waals surface area contributed by atoms with Gasteiger partial charge < -0.3 is 11.1 Å². The highest BCUT2D eigenvalue weighted by atomic mass is 32.1. The summed E-state index contributed by atoms with van der Waals surface area (Å²) in [6, 6.07) is 7.21. The molecule has 0 aliphatic heterocycles. The van der Waals surface area contributed by atoms with E-state index in [0.717, 1.165) is 24.5 Å². The third-order valence-electron chi connectivity index (χ3n) is 2.89. The van der Waals surface area contributed by atoms with Crippen molar-refractivity contribution in [1.29, 1.82) is 0 Å². The summed E-state index contributed by atoms with van der Waals surface area (Å²) in [5.41, 5.74) is 8.06. The smallest absolute Gasteiger partial charge is 0.181 e. The molecule has 1 aromatic carbocycles. The standard InChI is InChI=1S/C12H15N3S/c13-12-15-10-4-1-8(7-11(10)16-12)5-6-14-9-2-3-9/h1,4,7,9,14H,2-3,5-6H2,(H2,13,15). The predicted molar refractivity (Wildman–Crippen MR) is 68.8 cm³/mol. The van der Waals surface area contributed by atoms with E-state index < -0.39 is 0 Å². The number of fused-ring (bicyclic) bond motifs is 1. The number of aromatic nitrogens is 1. The van der Waals surface area contributed by atoms with Gasteiger partial charge in [0.1, 0.15) is 0 Å². The van der Waals surface area contributed by atoms with Crippen LogP contribution in [-0.2, 0) is 6.42 Å². The lowest BCUT2D eigenvalue weighted by molar-refractivity contribution is 0.682. The molecule has 0 bridgehead atoms. The second kappa shape index (κ2) is 4.03. The van der Waals surface area contributed by atoms with E-state index in [1.165, 1.54) is 23.1 Å². The topological polar surface area (TPSA) is 50.9 Å². The van der Waals surface area contributed by atoms with Crippen molar-refractivity contribution in [2.75, 3.05) is 12.3 Å². The van der Waals surface area contributed by atoms with E-state index in [1.54, 1.807) is 11.3 Å². The summed E-state index contributed by atoms with van der Waals surface area (Å²) in [5.74, 6) is 0. The lowest BCUT2D eigenvalue weighted by Gasteiger charge is -2.02. The molecule has 4 heteroatoms. The fourth-order valence-corrected chi connectivity index (χ4v) is 2.65. The van der Waals surface area contributed by atoms with Crippen molar-refractivity contribution in [1.82, 2.24) is 10.3 Å². The summed E-state index contributed by atoms with van der Waals surface area (Å²) in [7, 11) is 0. The molecular weight excluding hydrogens is 218 g/mol. The first kappa shape index (κ1) is 10.1. The van der Waals surface area contributed by atoms with E-state index >= 15 is 0 Å². The van der Waals surface area contributed by atoms with E-state index in [1.807, 2.05) is 0 Å². The maximum atomic E-state index is 5.68. The molecule has 3 nitrogen and oxygen atoms in total. The molecule has 1 fully saturated rings. The van der Waals surface area contributed by atoms with Gasteiger partial charge in [-0.25, -0.2) is 4.98 Å². The van der Waals surface area contributed by atoms with E-state index in [4.69, 9.17) is 5.73 Å². The number of nitrogen functional groups attached to an aromatic ring is 1. The van der Waals surface area contributed by atoms with Gasteiger partial charge >= 0.3 is 0 Å². The van der Waals surface area contributed by atoms with Gasteiger partial charge in [-0.1, -0.05) is 17.4 Å². The Kier molecular flexibility index (Phi) is 2.53. The van der Waals surface area contributed by atoms with Crippen molar-refractivity contribution < 1.29 is 0 Å². The van der Waals surface area contributed by atoms with Crippen molar-refractivity contribution in [3.8, 4) is 0 Å². The Morgan fingerprint density at radius 1 is 1.44 bits per heavy atom. The van der Waals surface area contributed by atoms with Gasteiger partial charge in [0.2, 0.25) is 0 Å². The van der Waals surface area contributed by atoms with Gasteiger partial charge in [0.25, 0.3) is 0 Å². The number of nitrogens with two attached hydrogens (primary N) is 1. The Labute approximate surface area is 98.7 Å². The normalized spacial score (nSPS) is 15.8. The van der Waals surface area contributed by atoms with Crippen LogP contribution in [0.1, 0.15) is 18.4 Å². The predicted octanol–water partition coefficient (Wildman–Crippen LogP) is 2.17. The van der Waals surface area contributed by atoms with Gasteiger partial charge in [-0.2, -0.15) is 0 Å². The molecule has 1 aliphatic rings. The minimum Gasteiger partial charge on any atom is -0.375 e. The van der Waals surface area contributed by atoms with Crippen molar-refractivity contribution in [2.45, 2.75) is 25.3 Å². The molecule has 0 amide bonds. The molecule has 1 heterocycles. The highest BCUT2D eigenvalue weighted by Crippen LogP contribution is 2.24. The van der Waals surface area contributed by atoms with E-state index in [0.29, 0.717) is 5.13 Å². The zero-order chi connectivity index (χ0) is 11.0. The largest absolute Gasteiger partial charge is 0.375 e. The van der Waals surface area contributed by atoms with Crippen LogP contribution in [0.5, 0.6) is 0 Å². The zero-order valence-corrected chi connectivity index (χ0v) is 9.89. The number of anilines is 1. The number of nitrogens with one attached hydrogen (secondary N) is 1. The molecule has 1 aromatic heterocycles. The maximum absolute atomic E-state index is 5.68. The fourth-order valence-electron chi connectivity index (χ4n) is 1.85. The monoisotopic (exact) mass is 233 g/mol. The molecule has 0 radical (unpaired) electrons. The quantitative estimate of drug-likeness (QED) is 0.851. The number of thiazole rings is 1. The van der Waals surface area contributed by atoms with Gasteiger partial charge in [0, 0.05) is 6.04 Å². The number of rotatable bonds is 4. The second-order valence-electron chi connectivity index (χ2n) is 4.33. The Morgan fingerprint density at radius 3 is 3.12 bits per heavy atom. The lowest BCUT2D eigenvalue weighted by Crippen LogP contribution is -2.19. The molecule has 1 saturated carbocycles. The average Bonchev–Trinajstić information content (AvgIpc) is 2.99. The summed E-state index contributed by atoms with van der Waals surface area (Å²) >= 11 is 1.56. The highest BCUT2D eigenvalue weighted by Gasteiger charge is 2.19. The van der Waals surface area contributed by atoms with Gasteiger partial charge in [-0.15, -0.1) is 0 Å². The van der Waals surface area contributed by atoms with Crippen molar-refractivity contribution in [3.05, 3.63) is 23.8 Å². The van der Waals surface area contributed by atoms with Crippen molar-refractivity contribution >= 4 is 26.7 Å². The summed E-state index contributed by atoms with van der Waals surface area (Å²) in [5, 5.41) is 4.18. The Hall–Kier alpha value is -1.13. The van der Waals surface area contributed by atoms with Crippen LogP contribution in [0, 0.1) is 0 Å². The number of benzene rings is 1. The number of hydrogen-bond acceptors (Lipinski definition) is 4. The minimum atomic E-state index is 0.656. The minimum absolute atomic E-state index is 0.656. The van der Waals surface area contributed by atoms with E-state index in [9.17, 15) is 0 Å². The third kappa shape index (κ3) is 2.18. The lowest BCUT2D eigenvalue weighted by atomic mass is 10.1. The third-order valence-corrected chi connectivity index (χ3v) is 3.74. The summed E-state index contributed by atoms with van der Waals surface area (Å²) < 4.78 is 1.20. The van der Waals surface area contributed by atoms with Gasteiger partial charge in [0.05, 0.1) is 10.2 Å². The summed E-state index contributed by atoms with van der Waals surface area (Å²) in [6.45, 7) is 1.07. The molecule has 0 unspecified atom stereocenters. The fraction of sp³-hybridized carbons (Fsp3) is 0.417. The van der Waals surface area contributed by atoms with Crippen molar-refractivity contribution in [3.63, 3.8) is 0 Å². The number of nitrogens with zero attached hydrogens (tertiary/aromatic N) is 1. The second-order valence-corrected chi connectivity index (χ2v) is 5.39. The first-order chi connectivity index (χ1) is 7.81. The van der Waals surface area contributed by atoms with Crippen LogP contribution in [0.4, 0.5) is 5.13 Å². The van der Waals surface area contributed by atoms with Gasteiger partial charge in [-0.3, -0.25) is 0 Å². The van der Waals surface area contributed by atoms with Crippen LogP contribution in [0.3, 0.4) is 0 Å². The highest BCUT2D eigenvalue weighted by molar-refractivity contribution is 7.22. The van der Waals surface area contributed by atoms with Gasteiger partial charge in [0.15, 0.2) is 5.13 Å². The average molecular weight is 233 g/mol. The van der Waals surface area contributed by atoms with Crippen LogP contribution >= 0.6 is 11.3 Å². The van der Waals surface area contributed by atoms with Crippen molar-refractivity contribution in [2.24, 2.45) is 0 Å². The van der Waals surface area contributed by atoms with Crippen LogP contribution < -0.4 is 11.1 Å². The van der Waals surface area contributed by atoms with Crippen LogP contribution in [0.15, 0.2) is 18.2 Å². The van der Waals surface area contributed by atoms with E-state index in [2.05, 4.69) is 28.5 Å². The van der Waals surface area contributed by atoms with Gasteiger partial charge in [-0.05, 0) is 43.5 Å². The molecule has 0 atom stereocenters.